The molecule has 0 radical (unpaired) electrons. The first-order valence-corrected chi connectivity index (χ1v) is 9.50. The molecule has 10 heteroatoms. The van der Waals surface area contributed by atoms with Crippen molar-refractivity contribution in [3.05, 3.63) is 58.5 Å². The number of benzene rings is 1. The predicted molar refractivity (Wildman–Crippen MR) is 107 cm³/mol. The summed E-state index contributed by atoms with van der Waals surface area (Å²) in [6.07, 6.45) is -4.14. The van der Waals surface area contributed by atoms with Crippen LogP contribution in [0.2, 0.25) is 0 Å². The van der Waals surface area contributed by atoms with E-state index < -0.39 is 30.2 Å². The summed E-state index contributed by atoms with van der Waals surface area (Å²) in [5.74, 6) is -1.33. The first-order chi connectivity index (χ1) is 14.5. The van der Waals surface area contributed by atoms with Gasteiger partial charge in [-0.1, -0.05) is 6.07 Å². The van der Waals surface area contributed by atoms with Crippen LogP contribution in [0.1, 0.15) is 34.6 Å². The molecule has 0 saturated carbocycles. The van der Waals surface area contributed by atoms with E-state index in [4.69, 9.17) is 4.74 Å². The van der Waals surface area contributed by atoms with Gasteiger partial charge < -0.3 is 10.1 Å². The Hall–Kier alpha value is -3.43. The molecular formula is C21H21F3N4O3. The Kier molecular flexibility index (Phi) is 6.28. The third-order valence-corrected chi connectivity index (χ3v) is 4.70. The van der Waals surface area contributed by atoms with Crippen molar-refractivity contribution in [3.8, 4) is 0 Å². The maximum absolute atomic E-state index is 12.7. The van der Waals surface area contributed by atoms with E-state index in [1.54, 1.807) is 4.52 Å². The van der Waals surface area contributed by atoms with Gasteiger partial charge in [-0.25, -0.2) is 9.50 Å². The van der Waals surface area contributed by atoms with Crippen molar-refractivity contribution in [2.75, 3.05) is 11.9 Å². The van der Waals surface area contributed by atoms with Gasteiger partial charge in [0.1, 0.15) is 0 Å². The molecule has 2 aromatic heterocycles. The first-order valence-electron chi connectivity index (χ1n) is 9.50. The highest BCUT2D eigenvalue weighted by atomic mass is 19.4. The molecule has 31 heavy (non-hydrogen) atoms. The zero-order valence-electron chi connectivity index (χ0n) is 17.2. The minimum Gasteiger partial charge on any atom is -0.456 e. The number of nitrogens with one attached hydrogen (secondary N) is 1. The number of halogens is 3. The molecule has 0 unspecified atom stereocenters. The molecule has 2 heterocycles. The Labute approximate surface area is 176 Å². The molecule has 0 spiro atoms. The average Bonchev–Trinajstić information content (AvgIpc) is 3.06. The zero-order chi connectivity index (χ0) is 22.8. The minimum atomic E-state index is -4.52. The molecule has 0 atom stereocenters. The lowest BCUT2D eigenvalue weighted by molar-refractivity contribution is -0.147. The second-order valence-electron chi connectivity index (χ2n) is 7.10. The largest absolute Gasteiger partial charge is 0.456 e. The number of carbonyl (C=O) groups is 2. The van der Waals surface area contributed by atoms with E-state index in [-0.39, 0.29) is 12.1 Å². The zero-order valence-corrected chi connectivity index (χ0v) is 17.2. The second-order valence-corrected chi connectivity index (χ2v) is 7.10. The van der Waals surface area contributed by atoms with Gasteiger partial charge in [0.15, 0.2) is 12.3 Å². The third kappa shape index (κ3) is 5.39. The number of hydrogen-bond acceptors (Lipinski definition) is 5. The van der Waals surface area contributed by atoms with E-state index >= 15 is 0 Å². The Balaban J connectivity index is 1.54. The molecule has 3 rings (SSSR count). The second kappa shape index (κ2) is 8.75. The number of esters is 1. The van der Waals surface area contributed by atoms with Gasteiger partial charge >= 0.3 is 12.1 Å². The summed E-state index contributed by atoms with van der Waals surface area (Å²) in [5.41, 5.74) is 3.15. The van der Waals surface area contributed by atoms with Gasteiger partial charge in [0.2, 0.25) is 0 Å². The smallest absolute Gasteiger partial charge is 0.416 e. The molecule has 3 aromatic rings. The number of anilines is 1. The van der Waals surface area contributed by atoms with Crippen molar-refractivity contribution >= 4 is 23.2 Å². The lowest BCUT2D eigenvalue weighted by atomic mass is 10.1. The number of ether oxygens (including phenoxy) is 1. The topological polar surface area (TPSA) is 85.6 Å². The molecule has 0 bridgehead atoms. The van der Waals surface area contributed by atoms with Gasteiger partial charge in [0, 0.05) is 29.6 Å². The van der Waals surface area contributed by atoms with Crippen molar-refractivity contribution in [2.45, 2.75) is 39.8 Å². The number of alkyl halides is 3. The fourth-order valence-corrected chi connectivity index (χ4v) is 3.22. The molecule has 7 nitrogen and oxygen atoms in total. The number of nitrogens with zero attached hydrogens (tertiary/aromatic N) is 3. The summed E-state index contributed by atoms with van der Waals surface area (Å²) in [5, 5.41) is 6.66. The highest BCUT2D eigenvalue weighted by molar-refractivity contribution is 5.92. The predicted octanol–water partition coefficient (Wildman–Crippen LogP) is 3.79. The molecule has 1 N–H and O–H groups in total. The van der Waals surface area contributed by atoms with Gasteiger partial charge in [-0.2, -0.15) is 18.3 Å². The number of carbonyl (C=O) groups excluding carboxylic acids is 2. The van der Waals surface area contributed by atoms with Crippen LogP contribution in [0.3, 0.4) is 0 Å². The summed E-state index contributed by atoms with van der Waals surface area (Å²) in [6, 6.07) is 6.07. The maximum atomic E-state index is 12.7. The number of rotatable bonds is 6. The van der Waals surface area contributed by atoms with Crippen LogP contribution in [0.15, 0.2) is 30.3 Å². The fraction of sp³-hybridized carbons (Fsp3) is 0.333. The van der Waals surface area contributed by atoms with Crippen molar-refractivity contribution in [3.63, 3.8) is 0 Å². The number of aromatic nitrogens is 3. The number of hydrogen-bond donors (Lipinski definition) is 1. The van der Waals surface area contributed by atoms with Crippen LogP contribution < -0.4 is 5.32 Å². The number of aryl methyl sites for hydroxylation is 3. The normalized spacial score (nSPS) is 11.5. The molecule has 0 aliphatic heterocycles. The summed E-state index contributed by atoms with van der Waals surface area (Å²) < 4.78 is 44.9. The summed E-state index contributed by atoms with van der Waals surface area (Å²) in [6.45, 7) is 5.00. The van der Waals surface area contributed by atoms with E-state index in [1.165, 1.54) is 12.1 Å². The van der Waals surface area contributed by atoms with E-state index in [1.807, 2.05) is 26.8 Å². The molecule has 0 fully saturated rings. The van der Waals surface area contributed by atoms with Crippen molar-refractivity contribution in [2.24, 2.45) is 0 Å². The highest BCUT2D eigenvalue weighted by Gasteiger charge is 2.30. The highest BCUT2D eigenvalue weighted by Crippen LogP contribution is 2.30. The first kappa shape index (κ1) is 22.3. The van der Waals surface area contributed by atoms with Crippen LogP contribution in [0.25, 0.3) is 5.65 Å². The van der Waals surface area contributed by atoms with Crippen LogP contribution in [0, 0.1) is 20.8 Å². The third-order valence-electron chi connectivity index (χ3n) is 4.70. The van der Waals surface area contributed by atoms with Gasteiger partial charge in [-0.05, 0) is 51.0 Å². The molecule has 0 aliphatic carbocycles. The lowest BCUT2D eigenvalue weighted by Gasteiger charge is -2.11. The molecular weight excluding hydrogens is 413 g/mol. The molecule has 0 saturated heterocycles. The van der Waals surface area contributed by atoms with Crippen molar-refractivity contribution in [1.29, 1.82) is 0 Å². The van der Waals surface area contributed by atoms with Gasteiger partial charge in [-0.15, -0.1) is 0 Å². The van der Waals surface area contributed by atoms with Crippen LogP contribution in [-0.2, 0) is 26.9 Å². The summed E-state index contributed by atoms with van der Waals surface area (Å²) >= 11 is 0. The summed E-state index contributed by atoms with van der Waals surface area (Å²) in [7, 11) is 0. The molecule has 0 aliphatic rings. The van der Waals surface area contributed by atoms with E-state index in [0.29, 0.717) is 6.42 Å². The van der Waals surface area contributed by atoms with Crippen LogP contribution in [-0.4, -0.2) is 33.1 Å². The molecule has 1 amide bonds. The Morgan fingerprint density at radius 1 is 1.16 bits per heavy atom. The van der Waals surface area contributed by atoms with Gasteiger partial charge in [0.05, 0.1) is 11.3 Å². The van der Waals surface area contributed by atoms with Crippen LogP contribution in [0.4, 0.5) is 18.9 Å². The maximum Gasteiger partial charge on any atom is 0.416 e. The van der Waals surface area contributed by atoms with Crippen molar-refractivity contribution in [1.82, 2.24) is 14.6 Å². The fourth-order valence-electron chi connectivity index (χ4n) is 3.22. The van der Waals surface area contributed by atoms with Crippen molar-refractivity contribution < 1.29 is 27.5 Å². The molecule has 1 aromatic carbocycles. The van der Waals surface area contributed by atoms with E-state index in [9.17, 15) is 22.8 Å². The Bertz CT molecular complexity index is 1140. The average molecular weight is 434 g/mol. The standard InChI is InChI=1S/C21H21F3N4O3/c1-12-9-18-25-13(2)17(14(3)28(18)27-12)7-8-20(30)31-11-19(29)26-16-6-4-5-15(10-16)21(22,23)24/h4-6,9-10H,7-8,11H2,1-3H3,(H,26,29). The molecule has 164 valence electrons. The quantitative estimate of drug-likeness (QED) is 0.597. The number of amides is 1. The Morgan fingerprint density at radius 2 is 1.90 bits per heavy atom. The number of fused-ring (bicyclic) bond motifs is 1. The lowest BCUT2D eigenvalue weighted by Crippen LogP contribution is -2.21. The SMILES string of the molecule is Cc1cc2nc(C)c(CCC(=O)OCC(=O)Nc3cccc(C(F)(F)F)c3)c(C)n2n1. The van der Waals surface area contributed by atoms with Gasteiger partial charge in [0.25, 0.3) is 5.91 Å². The van der Waals surface area contributed by atoms with E-state index in [0.717, 1.165) is 40.4 Å². The van der Waals surface area contributed by atoms with E-state index in [2.05, 4.69) is 15.4 Å². The monoisotopic (exact) mass is 434 g/mol. The van der Waals surface area contributed by atoms with Crippen LogP contribution in [0.5, 0.6) is 0 Å². The minimum absolute atomic E-state index is 0.0198. The van der Waals surface area contributed by atoms with Gasteiger partial charge in [-0.3, -0.25) is 9.59 Å². The summed E-state index contributed by atoms with van der Waals surface area (Å²) in [4.78, 5) is 28.5. The van der Waals surface area contributed by atoms with Crippen LogP contribution >= 0.6 is 0 Å². The Morgan fingerprint density at radius 3 is 2.61 bits per heavy atom.